The second-order valence-corrected chi connectivity index (χ2v) is 3.25. The van der Waals surface area contributed by atoms with Gasteiger partial charge in [-0.2, -0.15) is 8.42 Å². The highest BCUT2D eigenvalue weighted by Gasteiger charge is 2.12. The van der Waals surface area contributed by atoms with Gasteiger partial charge in [0.2, 0.25) is 0 Å². The number of carbonyl (C=O) groups excluding carboxylic acids is 1. The summed E-state index contributed by atoms with van der Waals surface area (Å²) in [6.07, 6.45) is 0. The minimum absolute atomic E-state index is 0.546. The average Bonchev–Trinajstić information content (AvgIpc) is 1.59. The molecule has 5 nitrogen and oxygen atoms in total. The molecule has 0 radical (unpaired) electrons. The van der Waals surface area contributed by atoms with Crippen LogP contribution >= 0.6 is 0 Å². The van der Waals surface area contributed by atoms with Crippen molar-refractivity contribution in [3.8, 4) is 0 Å². The third-order valence-corrected chi connectivity index (χ3v) is 1.76. The SMILES string of the molecule is CC(=O)OS(=O)(=O)CCO. The van der Waals surface area contributed by atoms with Gasteiger partial charge in [0.25, 0.3) is 0 Å². The van der Waals surface area contributed by atoms with E-state index in [1.54, 1.807) is 0 Å². The lowest BCUT2D eigenvalue weighted by Gasteiger charge is -1.98. The molecule has 6 heteroatoms. The van der Waals surface area contributed by atoms with Gasteiger partial charge in [0.05, 0.1) is 6.61 Å². The maximum atomic E-state index is 10.4. The number of hydrogen-bond donors (Lipinski definition) is 1. The highest BCUT2D eigenvalue weighted by Crippen LogP contribution is 1.91. The highest BCUT2D eigenvalue weighted by molar-refractivity contribution is 7.87. The quantitative estimate of drug-likeness (QED) is 0.539. The van der Waals surface area contributed by atoms with E-state index in [1.807, 2.05) is 0 Å². The third-order valence-electron chi connectivity index (χ3n) is 0.586. The van der Waals surface area contributed by atoms with Gasteiger partial charge in [-0.25, -0.2) is 0 Å². The Morgan fingerprint density at radius 1 is 1.60 bits per heavy atom. The molecule has 60 valence electrons. The second kappa shape index (κ2) is 3.52. The van der Waals surface area contributed by atoms with E-state index in [4.69, 9.17) is 5.11 Å². The van der Waals surface area contributed by atoms with E-state index in [0.29, 0.717) is 0 Å². The van der Waals surface area contributed by atoms with E-state index >= 15 is 0 Å². The standard InChI is InChI=1S/C4H8O5S/c1-4(6)9-10(7,8)3-2-5/h5H,2-3H2,1H3. The van der Waals surface area contributed by atoms with Crippen LogP contribution in [-0.2, 0) is 19.1 Å². The van der Waals surface area contributed by atoms with Crippen molar-refractivity contribution in [3.05, 3.63) is 0 Å². The van der Waals surface area contributed by atoms with E-state index in [1.165, 1.54) is 0 Å². The number of aliphatic hydroxyl groups is 1. The lowest BCUT2D eigenvalue weighted by molar-refractivity contribution is -0.131. The molecule has 0 aliphatic heterocycles. The Hall–Kier alpha value is -0.620. The van der Waals surface area contributed by atoms with Gasteiger partial charge < -0.3 is 9.29 Å². The predicted molar refractivity (Wildman–Crippen MR) is 32.6 cm³/mol. The van der Waals surface area contributed by atoms with Gasteiger partial charge in [-0.3, -0.25) is 4.79 Å². The molecule has 1 N–H and O–H groups in total. The van der Waals surface area contributed by atoms with Gasteiger partial charge in [0.1, 0.15) is 5.75 Å². The molecule has 0 unspecified atom stereocenters. The van der Waals surface area contributed by atoms with E-state index in [9.17, 15) is 13.2 Å². The zero-order valence-electron chi connectivity index (χ0n) is 5.40. The van der Waals surface area contributed by atoms with E-state index < -0.39 is 28.4 Å². The van der Waals surface area contributed by atoms with Crippen LogP contribution in [0, 0.1) is 0 Å². The van der Waals surface area contributed by atoms with Crippen molar-refractivity contribution in [1.29, 1.82) is 0 Å². The van der Waals surface area contributed by atoms with Crippen molar-refractivity contribution in [2.75, 3.05) is 12.4 Å². The van der Waals surface area contributed by atoms with Gasteiger partial charge in [-0.1, -0.05) is 0 Å². The van der Waals surface area contributed by atoms with Crippen LogP contribution in [0.15, 0.2) is 0 Å². The third kappa shape index (κ3) is 4.28. The van der Waals surface area contributed by atoms with Crippen molar-refractivity contribution >= 4 is 16.1 Å². The maximum absolute atomic E-state index is 10.4. The first-order chi connectivity index (χ1) is 4.48. The van der Waals surface area contributed by atoms with Crippen LogP contribution in [0.2, 0.25) is 0 Å². The van der Waals surface area contributed by atoms with Gasteiger partial charge >= 0.3 is 16.1 Å². The predicted octanol–water partition coefficient (Wildman–Crippen LogP) is -1.13. The largest absolute Gasteiger partial charge is 0.395 e. The lowest BCUT2D eigenvalue weighted by Crippen LogP contribution is -2.15. The smallest absolute Gasteiger partial charge is 0.319 e. The summed E-state index contributed by atoms with van der Waals surface area (Å²) >= 11 is 0. The maximum Gasteiger partial charge on any atom is 0.319 e. The van der Waals surface area contributed by atoms with Crippen LogP contribution < -0.4 is 0 Å². The molecule has 0 saturated heterocycles. The molecule has 0 atom stereocenters. The highest BCUT2D eigenvalue weighted by atomic mass is 32.2. The zero-order valence-corrected chi connectivity index (χ0v) is 6.22. The van der Waals surface area contributed by atoms with Crippen molar-refractivity contribution in [2.24, 2.45) is 0 Å². The van der Waals surface area contributed by atoms with Gasteiger partial charge in [-0.05, 0) is 0 Å². The summed E-state index contributed by atoms with van der Waals surface area (Å²) in [7, 11) is -3.83. The number of aliphatic hydroxyl groups excluding tert-OH is 1. The minimum atomic E-state index is -3.83. The average molecular weight is 168 g/mol. The molecule has 0 aromatic rings. The van der Waals surface area contributed by atoms with Crippen molar-refractivity contribution in [3.63, 3.8) is 0 Å². The fourth-order valence-electron chi connectivity index (χ4n) is 0.332. The molecule has 0 aliphatic carbocycles. The molecule has 0 aromatic carbocycles. The summed E-state index contributed by atoms with van der Waals surface area (Å²) in [4.78, 5) is 10.1. The Bertz CT molecular complexity index is 204. The van der Waals surface area contributed by atoms with E-state index in [0.717, 1.165) is 6.92 Å². The second-order valence-electron chi connectivity index (χ2n) is 1.56. The number of hydrogen-bond acceptors (Lipinski definition) is 5. The lowest BCUT2D eigenvalue weighted by atomic mass is 10.9. The molecule has 0 aliphatic rings. The fourth-order valence-corrected chi connectivity index (χ4v) is 0.997. The fraction of sp³-hybridized carbons (Fsp3) is 0.750. The molecule has 0 spiro atoms. The Labute approximate surface area is 58.7 Å². The van der Waals surface area contributed by atoms with Crippen LogP contribution in [0.1, 0.15) is 6.92 Å². The Kier molecular flexibility index (Phi) is 3.31. The summed E-state index contributed by atoms with van der Waals surface area (Å²) in [5.41, 5.74) is 0. The zero-order chi connectivity index (χ0) is 8.20. The first-order valence-electron chi connectivity index (χ1n) is 2.51. The van der Waals surface area contributed by atoms with Gasteiger partial charge in [0.15, 0.2) is 0 Å². The number of rotatable bonds is 3. The molecule has 0 aromatic heterocycles. The van der Waals surface area contributed by atoms with Crippen molar-refractivity contribution < 1.29 is 22.5 Å². The molecule has 0 saturated carbocycles. The monoisotopic (exact) mass is 168 g/mol. The van der Waals surface area contributed by atoms with Gasteiger partial charge in [0, 0.05) is 6.92 Å². The molecule has 0 heterocycles. The molecular weight excluding hydrogens is 160 g/mol. The topological polar surface area (TPSA) is 80.7 Å². The Morgan fingerprint density at radius 3 is 2.40 bits per heavy atom. The summed E-state index contributed by atoms with van der Waals surface area (Å²) in [6, 6.07) is 0. The number of carbonyl (C=O) groups is 1. The van der Waals surface area contributed by atoms with Crippen LogP contribution in [0.3, 0.4) is 0 Å². The minimum Gasteiger partial charge on any atom is -0.395 e. The molecule has 0 bridgehead atoms. The summed E-state index contributed by atoms with van der Waals surface area (Å²) in [5.74, 6) is -1.44. The molecular formula is C4H8O5S. The van der Waals surface area contributed by atoms with E-state index in [2.05, 4.69) is 4.18 Å². The Morgan fingerprint density at radius 2 is 2.10 bits per heavy atom. The van der Waals surface area contributed by atoms with Crippen molar-refractivity contribution in [1.82, 2.24) is 0 Å². The first kappa shape index (κ1) is 9.38. The molecule has 0 rings (SSSR count). The first-order valence-corrected chi connectivity index (χ1v) is 4.09. The summed E-state index contributed by atoms with van der Waals surface area (Å²) in [6.45, 7) is 0.435. The van der Waals surface area contributed by atoms with Crippen LogP contribution in [0.25, 0.3) is 0 Å². The molecule has 10 heavy (non-hydrogen) atoms. The van der Waals surface area contributed by atoms with Crippen molar-refractivity contribution in [2.45, 2.75) is 6.92 Å². The molecule has 0 amide bonds. The summed E-state index contributed by atoms with van der Waals surface area (Å²) in [5, 5.41) is 8.14. The Balaban J connectivity index is 4.02. The summed E-state index contributed by atoms with van der Waals surface area (Å²) < 4.78 is 24.7. The van der Waals surface area contributed by atoms with E-state index in [-0.39, 0.29) is 0 Å². The van der Waals surface area contributed by atoms with Crippen LogP contribution in [-0.4, -0.2) is 31.9 Å². The van der Waals surface area contributed by atoms with Crippen LogP contribution in [0.4, 0.5) is 0 Å². The normalized spacial score (nSPS) is 11.0. The van der Waals surface area contributed by atoms with Crippen LogP contribution in [0.5, 0.6) is 0 Å². The molecule has 0 fully saturated rings. The van der Waals surface area contributed by atoms with Gasteiger partial charge in [-0.15, -0.1) is 0 Å².